The van der Waals surface area contributed by atoms with E-state index in [-0.39, 0.29) is 17.6 Å². The van der Waals surface area contributed by atoms with Crippen LogP contribution in [0.3, 0.4) is 0 Å². The summed E-state index contributed by atoms with van der Waals surface area (Å²) < 4.78 is 0. The number of imide groups is 2. The predicted molar refractivity (Wildman–Crippen MR) is 107 cm³/mol. The van der Waals surface area contributed by atoms with Crippen molar-refractivity contribution in [1.29, 1.82) is 0 Å². The van der Waals surface area contributed by atoms with Crippen molar-refractivity contribution >= 4 is 45.5 Å². The second-order valence-electron chi connectivity index (χ2n) is 5.50. The Bertz CT molecular complexity index is 450. The van der Waals surface area contributed by atoms with E-state index in [1.165, 1.54) is 21.6 Å². The first-order chi connectivity index (χ1) is 12.5. The van der Waals surface area contributed by atoms with Gasteiger partial charge in [0.15, 0.2) is 0 Å². The van der Waals surface area contributed by atoms with Gasteiger partial charge < -0.3 is 10.6 Å². The Kier molecular flexibility index (Phi) is 16.1. The molecule has 0 unspecified atom stereocenters. The zero-order valence-electron chi connectivity index (χ0n) is 15.5. The third kappa shape index (κ3) is 16.1. The van der Waals surface area contributed by atoms with Gasteiger partial charge in [-0.2, -0.15) is 0 Å². The number of carbonyl (C=O) groups excluding carboxylic acids is 4. The van der Waals surface area contributed by atoms with Gasteiger partial charge in [0.25, 0.3) is 0 Å². The van der Waals surface area contributed by atoms with Gasteiger partial charge in [0, 0.05) is 25.3 Å². The summed E-state index contributed by atoms with van der Waals surface area (Å²) in [6.45, 7) is 4.99. The van der Waals surface area contributed by atoms with Crippen LogP contribution in [0, 0.1) is 0 Å². The molecule has 0 radical (unpaired) electrons. The molecule has 0 aromatic heterocycles. The van der Waals surface area contributed by atoms with E-state index in [9.17, 15) is 19.2 Å². The Morgan fingerprint density at radius 3 is 2.00 bits per heavy atom. The molecule has 26 heavy (non-hydrogen) atoms. The lowest BCUT2D eigenvalue weighted by Crippen LogP contribution is -2.40. The highest BCUT2D eigenvalue weighted by Crippen LogP contribution is 2.19. The van der Waals surface area contributed by atoms with Crippen molar-refractivity contribution in [2.75, 3.05) is 24.6 Å². The molecule has 4 N–H and O–H groups in total. The summed E-state index contributed by atoms with van der Waals surface area (Å²) in [5.41, 5.74) is 0. The highest BCUT2D eigenvalue weighted by Gasteiger charge is 2.08. The number of hydrogen-bond acceptors (Lipinski definition) is 6. The number of hydrogen-bond donors (Lipinski definition) is 4. The van der Waals surface area contributed by atoms with Crippen molar-refractivity contribution in [2.24, 2.45) is 0 Å². The zero-order chi connectivity index (χ0) is 19.6. The molecule has 0 fully saturated rings. The maximum Gasteiger partial charge on any atom is 0.321 e. The molecule has 6 amide bonds. The first-order valence-electron chi connectivity index (χ1n) is 8.89. The van der Waals surface area contributed by atoms with E-state index in [1.54, 1.807) is 0 Å². The van der Waals surface area contributed by atoms with Crippen molar-refractivity contribution in [2.45, 2.75) is 52.4 Å². The van der Waals surface area contributed by atoms with Gasteiger partial charge in [0.2, 0.25) is 11.8 Å². The van der Waals surface area contributed by atoms with Crippen LogP contribution in [0.4, 0.5) is 9.59 Å². The summed E-state index contributed by atoms with van der Waals surface area (Å²) in [4.78, 5) is 45.8. The lowest BCUT2D eigenvalue weighted by atomic mass is 10.2. The van der Waals surface area contributed by atoms with E-state index in [0.29, 0.717) is 25.3 Å². The van der Waals surface area contributed by atoms with Gasteiger partial charge in [-0.1, -0.05) is 54.7 Å². The van der Waals surface area contributed by atoms with Crippen LogP contribution in [0.15, 0.2) is 0 Å². The minimum Gasteiger partial charge on any atom is -0.338 e. The summed E-state index contributed by atoms with van der Waals surface area (Å²) in [6, 6.07) is -0.975. The summed E-state index contributed by atoms with van der Waals surface area (Å²) in [6.07, 6.45) is 5.01. The molecule has 0 aliphatic heterocycles. The Morgan fingerprint density at radius 1 is 0.731 bits per heavy atom. The molecule has 0 atom stereocenters. The molecule has 0 rings (SSSR count). The molecule has 0 aromatic rings. The van der Waals surface area contributed by atoms with E-state index in [0.717, 1.165) is 32.1 Å². The third-order valence-electron chi connectivity index (χ3n) is 3.07. The zero-order valence-corrected chi connectivity index (χ0v) is 17.2. The average molecular weight is 407 g/mol. The van der Waals surface area contributed by atoms with Crippen LogP contribution in [0.25, 0.3) is 0 Å². The van der Waals surface area contributed by atoms with Gasteiger partial charge >= 0.3 is 12.1 Å². The Hall–Kier alpha value is -1.42. The number of unbranched alkanes of at least 4 members (excludes halogenated alkanes) is 3. The third-order valence-corrected chi connectivity index (χ3v) is 5.34. The monoisotopic (exact) mass is 406 g/mol. The quantitative estimate of drug-likeness (QED) is 0.276. The number of carbonyl (C=O) groups is 4. The van der Waals surface area contributed by atoms with Crippen molar-refractivity contribution in [1.82, 2.24) is 21.3 Å². The first-order valence-corrected chi connectivity index (χ1v) is 11.4. The maximum atomic E-state index is 11.6. The van der Waals surface area contributed by atoms with E-state index < -0.39 is 12.1 Å². The normalized spacial score (nSPS) is 10.1. The van der Waals surface area contributed by atoms with Crippen LogP contribution in [-0.2, 0) is 9.59 Å². The second-order valence-corrected chi connectivity index (χ2v) is 8.09. The van der Waals surface area contributed by atoms with Gasteiger partial charge in [-0.3, -0.25) is 20.2 Å². The molecule has 0 bridgehead atoms. The van der Waals surface area contributed by atoms with Crippen molar-refractivity contribution in [3.63, 3.8) is 0 Å². The lowest BCUT2D eigenvalue weighted by molar-refractivity contribution is -0.120. The van der Waals surface area contributed by atoms with Gasteiger partial charge in [-0.05, 0) is 12.8 Å². The highest BCUT2D eigenvalue weighted by molar-refractivity contribution is 8.76. The SMILES string of the molecule is CCCCCNC(=O)NC(=O)CSSCCNC(=O)NC(=O)CCCC. The number of nitrogens with one attached hydrogen (secondary N) is 4. The van der Waals surface area contributed by atoms with Gasteiger partial charge in [0.05, 0.1) is 5.75 Å². The Balaban J connectivity index is 3.56. The molecule has 0 spiro atoms. The predicted octanol–water partition coefficient (Wildman–Crippen LogP) is 2.40. The summed E-state index contributed by atoms with van der Waals surface area (Å²) >= 11 is 0. The molecule has 0 saturated carbocycles. The Morgan fingerprint density at radius 2 is 1.35 bits per heavy atom. The second kappa shape index (κ2) is 17.0. The van der Waals surface area contributed by atoms with Gasteiger partial charge in [-0.25, -0.2) is 9.59 Å². The van der Waals surface area contributed by atoms with Crippen molar-refractivity contribution < 1.29 is 19.2 Å². The van der Waals surface area contributed by atoms with E-state index in [1.807, 2.05) is 6.92 Å². The highest BCUT2D eigenvalue weighted by atomic mass is 33.1. The van der Waals surface area contributed by atoms with Gasteiger partial charge in [0.1, 0.15) is 0 Å². The molecule has 0 aromatic carbocycles. The van der Waals surface area contributed by atoms with E-state index >= 15 is 0 Å². The van der Waals surface area contributed by atoms with Crippen LogP contribution < -0.4 is 21.3 Å². The minimum atomic E-state index is -0.505. The summed E-state index contributed by atoms with van der Waals surface area (Å²) in [5.74, 6) is 0.0886. The van der Waals surface area contributed by atoms with E-state index in [4.69, 9.17) is 0 Å². The number of amides is 6. The Labute approximate surface area is 163 Å². The molecule has 0 aliphatic carbocycles. The van der Waals surface area contributed by atoms with Gasteiger partial charge in [-0.15, -0.1) is 0 Å². The summed E-state index contributed by atoms with van der Waals surface area (Å²) in [7, 11) is 2.70. The van der Waals surface area contributed by atoms with Crippen LogP contribution in [0.5, 0.6) is 0 Å². The lowest BCUT2D eigenvalue weighted by Gasteiger charge is -2.07. The largest absolute Gasteiger partial charge is 0.338 e. The molecule has 10 heteroatoms. The average Bonchev–Trinajstić information content (AvgIpc) is 2.59. The fraction of sp³-hybridized carbons (Fsp3) is 0.750. The molecular weight excluding hydrogens is 376 g/mol. The van der Waals surface area contributed by atoms with Crippen molar-refractivity contribution in [3.05, 3.63) is 0 Å². The smallest absolute Gasteiger partial charge is 0.321 e. The number of urea groups is 2. The van der Waals surface area contributed by atoms with Crippen LogP contribution in [0.1, 0.15) is 52.4 Å². The summed E-state index contributed by atoms with van der Waals surface area (Å²) in [5, 5.41) is 9.73. The van der Waals surface area contributed by atoms with Crippen LogP contribution >= 0.6 is 21.6 Å². The van der Waals surface area contributed by atoms with Crippen molar-refractivity contribution in [3.8, 4) is 0 Å². The van der Waals surface area contributed by atoms with E-state index in [2.05, 4.69) is 28.2 Å². The molecule has 8 nitrogen and oxygen atoms in total. The fourth-order valence-corrected chi connectivity index (χ4v) is 3.46. The van der Waals surface area contributed by atoms with Crippen LogP contribution in [0.2, 0.25) is 0 Å². The molecule has 0 heterocycles. The molecular formula is C16H30N4O4S2. The maximum absolute atomic E-state index is 11.6. The topological polar surface area (TPSA) is 116 Å². The standard InChI is InChI=1S/C16H30N4O4S2/c1-3-5-7-9-17-15(23)20-14(22)12-26-25-11-10-18-16(24)19-13(21)8-6-4-2/h3-12H2,1-2H3,(H2,17,20,22,23)(H2,18,19,21,24). The molecule has 0 aliphatic rings. The minimum absolute atomic E-state index is 0.148. The first kappa shape index (κ1) is 24.6. The number of rotatable bonds is 13. The molecule has 150 valence electrons. The molecule has 0 saturated heterocycles. The fourth-order valence-electron chi connectivity index (χ4n) is 1.71. The van der Waals surface area contributed by atoms with Crippen LogP contribution in [-0.4, -0.2) is 48.5 Å².